The normalized spacial score (nSPS) is 13.5. The number of fused-ring (bicyclic) bond motifs is 3. The van der Waals surface area contributed by atoms with E-state index in [0.29, 0.717) is 18.1 Å². The maximum Gasteiger partial charge on any atom is 0.259 e. The van der Waals surface area contributed by atoms with Gasteiger partial charge in [0.2, 0.25) is 0 Å². The lowest BCUT2D eigenvalue weighted by Crippen LogP contribution is -2.11. The molecular formula is C25H27N5OS2. The zero-order valence-electron chi connectivity index (χ0n) is 19.1. The van der Waals surface area contributed by atoms with Crippen molar-refractivity contribution in [2.45, 2.75) is 62.9 Å². The summed E-state index contributed by atoms with van der Waals surface area (Å²) in [6, 6.07) is 8.50. The molecule has 1 aliphatic rings. The molecule has 170 valence electrons. The number of aryl methyl sites for hydroxylation is 2. The number of nitrogens with zero attached hydrogens (tertiary/aromatic N) is 4. The Balaban J connectivity index is 1.41. The third-order valence-corrected chi connectivity index (χ3v) is 8.16. The average Bonchev–Trinajstić information content (AvgIpc) is 3.46. The van der Waals surface area contributed by atoms with Crippen molar-refractivity contribution in [2.24, 2.45) is 0 Å². The summed E-state index contributed by atoms with van der Waals surface area (Å²) >= 11 is 3.19. The van der Waals surface area contributed by atoms with Crippen molar-refractivity contribution in [3.8, 4) is 11.4 Å². The zero-order chi connectivity index (χ0) is 23.2. The molecule has 0 radical (unpaired) electrons. The molecule has 1 N–H and O–H groups in total. The van der Waals surface area contributed by atoms with Gasteiger partial charge in [0.05, 0.1) is 11.1 Å². The summed E-state index contributed by atoms with van der Waals surface area (Å²) in [6.07, 6.45) is 5.02. The van der Waals surface area contributed by atoms with Crippen LogP contribution < -0.4 is 5.56 Å². The average molecular weight is 478 g/mol. The SMILES string of the molecule is C=CCn1c(SCc2nc3sc4c(c3c(=O)[nH]2)CCC4)nnc1-c1ccc(C(C)(C)C)cc1. The summed E-state index contributed by atoms with van der Waals surface area (Å²) in [7, 11) is 0. The highest BCUT2D eigenvalue weighted by Crippen LogP contribution is 2.35. The molecule has 0 saturated heterocycles. The van der Waals surface area contributed by atoms with Crippen LogP contribution >= 0.6 is 23.1 Å². The summed E-state index contributed by atoms with van der Waals surface area (Å²) < 4.78 is 2.06. The van der Waals surface area contributed by atoms with Crippen molar-refractivity contribution in [1.82, 2.24) is 24.7 Å². The van der Waals surface area contributed by atoms with Gasteiger partial charge in [0, 0.05) is 17.0 Å². The molecule has 33 heavy (non-hydrogen) atoms. The molecule has 1 aliphatic carbocycles. The minimum Gasteiger partial charge on any atom is -0.309 e. The topological polar surface area (TPSA) is 76.5 Å². The Hall–Kier alpha value is -2.71. The molecule has 0 unspecified atom stereocenters. The fourth-order valence-electron chi connectivity index (χ4n) is 4.27. The van der Waals surface area contributed by atoms with E-state index in [-0.39, 0.29) is 11.0 Å². The first-order valence-electron chi connectivity index (χ1n) is 11.2. The smallest absolute Gasteiger partial charge is 0.259 e. The third kappa shape index (κ3) is 4.17. The van der Waals surface area contributed by atoms with Crippen molar-refractivity contribution in [1.29, 1.82) is 0 Å². The second-order valence-corrected chi connectivity index (χ2v) is 11.4. The molecule has 0 atom stereocenters. The van der Waals surface area contributed by atoms with Gasteiger partial charge in [-0.05, 0) is 35.8 Å². The molecule has 0 spiro atoms. The van der Waals surface area contributed by atoms with E-state index in [2.05, 4.69) is 71.4 Å². The lowest BCUT2D eigenvalue weighted by atomic mass is 9.87. The first-order chi connectivity index (χ1) is 15.8. The molecule has 0 amide bonds. The maximum atomic E-state index is 12.7. The summed E-state index contributed by atoms with van der Waals surface area (Å²) in [6.45, 7) is 11.1. The van der Waals surface area contributed by atoms with Crippen LogP contribution in [0.3, 0.4) is 0 Å². The standard InChI is InChI=1S/C25H27N5OS2/c1-5-13-30-21(15-9-11-16(12-10-15)25(2,3)4)28-29-24(30)32-14-19-26-22(31)20-17-7-6-8-18(17)33-23(20)27-19/h5,9-12H,1,6-8,13-14H2,2-4H3,(H,26,27,31). The van der Waals surface area contributed by atoms with Crippen LogP contribution in [0.25, 0.3) is 21.6 Å². The van der Waals surface area contributed by atoms with Crippen molar-refractivity contribution in [3.63, 3.8) is 0 Å². The molecule has 0 fully saturated rings. The van der Waals surface area contributed by atoms with Gasteiger partial charge in [-0.15, -0.1) is 28.1 Å². The van der Waals surface area contributed by atoms with Gasteiger partial charge < -0.3 is 4.98 Å². The lowest BCUT2D eigenvalue weighted by molar-refractivity contribution is 0.590. The third-order valence-electron chi connectivity index (χ3n) is 6.00. The minimum absolute atomic E-state index is 0.0258. The van der Waals surface area contributed by atoms with Crippen molar-refractivity contribution in [2.75, 3.05) is 0 Å². The predicted octanol–water partition coefficient (Wildman–Crippen LogP) is 5.51. The van der Waals surface area contributed by atoms with Gasteiger partial charge in [-0.3, -0.25) is 9.36 Å². The van der Waals surface area contributed by atoms with Crippen LogP contribution in [-0.4, -0.2) is 24.7 Å². The summed E-state index contributed by atoms with van der Waals surface area (Å²) in [5.41, 5.74) is 3.58. The van der Waals surface area contributed by atoms with E-state index in [1.54, 1.807) is 11.3 Å². The fourth-order valence-corrected chi connectivity index (χ4v) is 6.37. The number of thioether (sulfide) groups is 1. The first-order valence-corrected chi connectivity index (χ1v) is 13.0. The van der Waals surface area contributed by atoms with Crippen LogP contribution in [0.2, 0.25) is 0 Å². The van der Waals surface area contributed by atoms with Crippen molar-refractivity contribution >= 4 is 33.3 Å². The Morgan fingerprint density at radius 2 is 2.00 bits per heavy atom. The van der Waals surface area contributed by atoms with Gasteiger partial charge in [0.15, 0.2) is 11.0 Å². The molecule has 6 nitrogen and oxygen atoms in total. The summed E-state index contributed by atoms with van der Waals surface area (Å²) in [5, 5.41) is 10.5. The zero-order valence-corrected chi connectivity index (χ0v) is 20.8. The number of allylic oxidation sites excluding steroid dienone is 1. The number of aromatic amines is 1. The largest absolute Gasteiger partial charge is 0.309 e. The van der Waals surface area contributed by atoms with Crippen LogP contribution in [-0.2, 0) is 30.6 Å². The van der Waals surface area contributed by atoms with Gasteiger partial charge >= 0.3 is 0 Å². The Kier molecular flexibility index (Phi) is 5.74. The molecule has 0 bridgehead atoms. The van der Waals surface area contributed by atoms with Crippen LogP contribution in [0, 0.1) is 0 Å². The van der Waals surface area contributed by atoms with E-state index < -0.39 is 0 Å². The first kappa shape index (κ1) is 22.1. The highest BCUT2D eigenvalue weighted by molar-refractivity contribution is 7.98. The Morgan fingerprint density at radius 3 is 2.73 bits per heavy atom. The summed E-state index contributed by atoms with van der Waals surface area (Å²) in [5.74, 6) is 2.00. The fraction of sp³-hybridized carbons (Fsp3) is 0.360. The predicted molar refractivity (Wildman–Crippen MR) is 136 cm³/mol. The van der Waals surface area contributed by atoms with E-state index in [1.807, 2.05) is 6.08 Å². The molecule has 5 rings (SSSR count). The molecule has 4 aromatic rings. The van der Waals surface area contributed by atoms with Crippen LogP contribution in [0.1, 0.15) is 49.0 Å². The molecular weight excluding hydrogens is 450 g/mol. The molecule has 3 aromatic heterocycles. The number of hydrogen-bond acceptors (Lipinski definition) is 6. The number of nitrogens with one attached hydrogen (secondary N) is 1. The van der Waals surface area contributed by atoms with Crippen LogP contribution in [0.5, 0.6) is 0 Å². The van der Waals surface area contributed by atoms with Gasteiger partial charge in [-0.25, -0.2) is 4.98 Å². The number of aromatic nitrogens is 5. The molecule has 0 aliphatic heterocycles. The number of thiophene rings is 1. The highest BCUT2D eigenvalue weighted by Gasteiger charge is 2.22. The van der Waals surface area contributed by atoms with Gasteiger partial charge in [-0.1, -0.05) is 62.9 Å². The van der Waals surface area contributed by atoms with Gasteiger partial charge in [-0.2, -0.15) is 0 Å². The van der Waals surface area contributed by atoms with E-state index >= 15 is 0 Å². The van der Waals surface area contributed by atoms with E-state index in [1.165, 1.54) is 27.8 Å². The Labute approximate surface area is 201 Å². The van der Waals surface area contributed by atoms with Crippen LogP contribution in [0.15, 0.2) is 46.9 Å². The number of hydrogen-bond donors (Lipinski definition) is 1. The molecule has 0 saturated carbocycles. The number of H-pyrrole nitrogens is 1. The monoisotopic (exact) mass is 477 g/mol. The molecule has 3 heterocycles. The van der Waals surface area contributed by atoms with Crippen molar-refractivity contribution in [3.05, 3.63) is 69.1 Å². The molecule has 1 aromatic carbocycles. The van der Waals surface area contributed by atoms with E-state index in [4.69, 9.17) is 4.98 Å². The van der Waals surface area contributed by atoms with E-state index in [9.17, 15) is 4.79 Å². The lowest BCUT2D eigenvalue weighted by Gasteiger charge is -2.19. The highest BCUT2D eigenvalue weighted by atomic mass is 32.2. The van der Waals surface area contributed by atoms with Gasteiger partial charge in [0.1, 0.15) is 10.7 Å². The Bertz CT molecular complexity index is 1390. The number of benzene rings is 1. The maximum absolute atomic E-state index is 12.7. The minimum atomic E-state index is -0.0258. The van der Waals surface area contributed by atoms with E-state index in [0.717, 1.165) is 46.0 Å². The summed E-state index contributed by atoms with van der Waals surface area (Å²) in [4.78, 5) is 22.7. The molecule has 8 heteroatoms. The Morgan fingerprint density at radius 1 is 1.21 bits per heavy atom. The second-order valence-electron chi connectivity index (χ2n) is 9.37. The van der Waals surface area contributed by atoms with Crippen molar-refractivity contribution < 1.29 is 0 Å². The van der Waals surface area contributed by atoms with Crippen LogP contribution in [0.4, 0.5) is 0 Å². The quantitative estimate of drug-likeness (QED) is 0.293. The second kappa shape index (κ2) is 8.57. The number of rotatable bonds is 6. The van der Waals surface area contributed by atoms with Gasteiger partial charge in [0.25, 0.3) is 5.56 Å².